The number of para-hydroxylation sites is 2. The van der Waals surface area contributed by atoms with Crippen LogP contribution in [0.5, 0.6) is 5.75 Å². The Bertz CT molecular complexity index is 3400. The van der Waals surface area contributed by atoms with Crippen molar-refractivity contribution in [2.24, 2.45) is 10.9 Å². The Balaban J connectivity index is 0.000000236. The van der Waals surface area contributed by atoms with Crippen LogP contribution in [0.25, 0.3) is 26.9 Å². The first-order valence-corrected chi connectivity index (χ1v) is 37.4. The largest absolute Gasteiger partial charge is 0.497 e. The number of pyridine rings is 2. The lowest BCUT2D eigenvalue weighted by Crippen LogP contribution is -2.44. The highest BCUT2D eigenvalue weighted by Crippen LogP contribution is 2.28. The number of nitrogens with zero attached hydrogens (tertiary/aromatic N) is 12. The van der Waals surface area contributed by atoms with Gasteiger partial charge >= 0.3 is 0 Å². The lowest BCUT2D eigenvalue weighted by Gasteiger charge is -2.38. The zero-order valence-corrected chi connectivity index (χ0v) is 65.6. The van der Waals surface area contributed by atoms with Crippen LogP contribution in [0, 0.1) is 19.4 Å². The van der Waals surface area contributed by atoms with Crippen LogP contribution < -0.4 is 4.74 Å². The fraction of sp³-hybridized carbons (Fsp3) is 0.548. The number of allylic oxidation sites excluding steroid dienone is 1. The maximum absolute atomic E-state index is 7.33. The minimum atomic E-state index is 0.394. The van der Waals surface area contributed by atoms with Gasteiger partial charge in [0.1, 0.15) is 11.4 Å². The maximum atomic E-state index is 7.33. The van der Waals surface area contributed by atoms with Crippen molar-refractivity contribution in [2.75, 3.05) is 52.9 Å². The molecule has 3 saturated heterocycles. The number of aryl methyl sites for hydroxylation is 1. The van der Waals surface area contributed by atoms with Gasteiger partial charge in [-0.1, -0.05) is 108 Å². The number of aliphatic imine (C=N–C) groups is 1. The summed E-state index contributed by atoms with van der Waals surface area (Å²) in [4.78, 5) is 29.7. The van der Waals surface area contributed by atoms with Gasteiger partial charge in [-0.25, -0.2) is 14.8 Å². The van der Waals surface area contributed by atoms with Crippen molar-refractivity contribution in [3.8, 4) is 5.75 Å². The van der Waals surface area contributed by atoms with Gasteiger partial charge in [0, 0.05) is 88.0 Å². The molecule has 98 heavy (non-hydrogen) atoms. The number of ether oxygens (including phenoxy) is 1. The van der Waals surface area contributed by atoms with E-state index in [1.807, 2.05) is 114 Å². The molecule has 3 aromatic carbocycles. The molecule has 13 nitrogen and oxygen atoms in total. The Kier molecular flexibility index (Phi) is 37.2. The molecular formula is C84H128N12OS. The highest BCUT2D eigenvalue weighted by molar-refractivity contribution is 7.99. The van der Waals surface area contributed by atoms with Crippen LogP contribution in [0.4, 0.5) is 0 Å². The van der Waals surface area contributed by atoms with Gasteiger partial charge in [-0.15, -0.1) is 11.8 Å². The summed E-state index contributed by atoms with van der Waals surface area (Å²) in [6, 6.07) is 39.0. The molecule has 14 heteroatoms. The van der Waals surface area contributed by atoms with Crippen molar-refractivity contribution in [3.63, 3.8) is 0 Å². The quantitative estimate of drug-likeness (QED) is 0.0978. The third-order valence-corrected chi connectivity index (χ3v) is 18.5. The number of fused-ring (bicyclic) bond motifs is 2. The fourth-order valence-corrected chi connectivity index (χ4v) is 12.3. The van der Waals surface area contributed by atoms with E-state index in [1.165, 1.54) is 118 Å². The Morgan fingerprint density at radius 2 is 1.09 bits per heavy atom. The number of benzene rings is 3. The Morgan fingerprint density at radius 1 is 0.531 bits per heavy atom. The first kappa shape index (κ1) is 83.5. The molecule has 0 radical (unpaired) electrons. The molecule has 9 heterocycles. The van der Waals surface area contributed by atoms with E-state index >= 15 is 0 Å². The van der Waals surface area contributed by atoms with Gasteiger partial charge in [0.05, 0.1) is 43.3 Å². The number of aromatic nitrogens is 7. The van der Waals surface area contributed by atoms with E-state index in [1.54, 1.807) is 13.3 Å². The van der Waals surface area contributed by atoms with Crippen molar-refractivity contribution in [1.82, 2.24) is 48.6 Å². The SMILES string of the molecule is CC(C)(C)N1CCCCC1.CC(C)(C)N1CCCCC1.CC(C)N1CCCC1.CC(C)Sc1ccncc1.CC(C)n1ccc2cccnc21.CC(C)n1cccn1.CC(C)n1cnc2ccccc21.COc1ccc(C(C)C)cc1.[C-]#[N+]C1=C(C(C)C)CN=C1c1ccc(C)cc1. The molecule has 5 aromatic heterocycles. The predicted octanol–water partition coefficient (Wildman–Crippen LogP) is 21.8. The van der Waals surface area contributed by atoms with E-state index in [0.29, 0.717) is 52.8 Å². The summed E-state index contributed by atoms with van der Waals surface area (Å²) in [7, 11) is 1.68. The number of methoxy groups -OCH3 is 1. The molecule has 4 aliphatic heterocycles. The maximum Gasteiger partial charge on any atom is 0.213 e. The molecule has 0 atom stereocenters. The number of imidazole rings is 1. The molecule has 12 rings (SSSR count). The molecule has 8 aromatic rings. The van der Waals surface area contributed by atoms with Gasteiger partial charge in [-0.2, -0.15) is 5.10 Å². The van der Waals surface area contributed by atoms with Crippen LogP contribution >= 0.6 is 11.8 Å². The zero-order valence-electron chi connectivity index (χ0n) is 64.8. The molecule has 0 bridgehead atoms. The van der Waals surface area contributed by atoms with Gasteiger partial charge in [0.15, 0.2) is 0 Å². The molecule has 3 fully saturated rings. The number of piperidine rings is 2. The van der Waals surface area contributed by atoms with Gasteiger partial charge in [-0.05, 0) is 271 Å². The van der Waals surface area contributed by atoms with Crippen LogP contribution in [0.2, 0.25) is 0 Å². The molecule has 0 N–H and O–H groups in total. The lowest BCUT2D eigenvalue weighted by molar-refractivity contribution is 0.110. The first-order valence-electron chi connectivity index (χ1n) is 36.5. The van der Waals surface area contributed by atoms with E-state index in [-0.39, 0.29) is 0 Å². The van der Waals surface area contributed by atoms with E-state index in [0.717, 1.165) is 45.5 Å². The topological polar surface area (TPSA) is 102 Å². The average Bonchev–Trinajstić information content (AvgIpc) is 1.68. The zero-order chi connectivity index (χ0) is 72.4. The highest BCUT2D eigenvalue weighted by atomic mass is 32.2. The number of rotatable bonds is 10. The summed E-state index contributed by atoms with van der Waals surface area (Å²) in [5.41, 5.74) is 10.6. The molecule has 0 amide bonds. The Morgan fingerprint density at radius 3 is 1.53 bits per heavy atom. The molecule has 0 unspecified atom stereocenters. The third kappa shape index (κ3) is 29.9. The second-order valence-electron chi connectivity index (χ2n) is 29.8. The third-order valence-electron chi connectivity index (χ3n) is 17.5. The number of likely N-dealkylation sites (tertiary alicyclic amines) is 3. The normalized spacial score (nSPS) is 15.0. The van der Waals surface area contributed by atoms with Gasteiger partial charge in [0.2, 0.25) is 5.70 Å². The highest BCUT2D eigenvalue weighted by Gasteiger charge is 2.25. The molecule has 536 valence electrons. The van der Waals surface area contributed by atoms with Gasteiger partial charge in [0.25, 0.3) is 0 Å². The van der Waals surface area contributed by atoms with E-state index in [9.17, 15) is 0 Å². The van der Waals surface area contributed by atoms with Gasteiger partial charge < -0.3 is 18.8 Å². The smallest absolute Gasteiger partial charge is 0.213 e. The van der Waals surface area contributed by atoms with E-state index < -0.39 is 0 Å². The minimum Gasteiger partial charge on any atom is -0.497 e. The van der Waals surface area contributed by atoms with Crippen LogP contribution in [-0.2, 0) is 0 Å². The van der Waals surface area contributed by atoms with Gasteiger partial charge in [-0.3, -0.25) is 24.5 Å². The monoisotopic (exact) mass is 1350 g/mol. The summed E-state index contributed by atoms with van der Waals surface area (Å²) in [6.07, 6.45) is 24.5. The summed E-state index contributed by atoms with van der Waals surface area (Å²) in [6.45, 7) is 62.2. The van der Waals surface area contributed by atoms with E-state index in [4.69, 9.17) is 11.3 Å². The Labute approximate surface area is 599 Å². The summed E-state index contributed by atoms with van der Waals surface area (Å²) in [5, 5.41) is 5.90. The second kappa shape index (κ2) is 43.6. The van der Waals surface area contributed by atoms with Crippen molar-refractivity contribution < 1.29 is 4.74 Å². The van der Waals surface area contributed by atoms with Crippen molar-refractivity contribution in [1.29, 1.82) is 0 Å². The van der Waals surface area contributed by atoms with Crippen LogP contribution in [-0.4, -0.2) is 130 Å². The average molecular weight is 1350 g/mol. The fourth-order valence-electron chi connectivity index (χ4n) is 11.4. The van der Waals surface area contributed by atoms with Crippen LogP contribution in [0.1, 0.15) is 231 Å². The number of hydrogen-bond acceptors (Lipinski definition) is 10. The van der Waals surface area contributed by atoms with Crippen molar-refractivity contribution in [2.45, 2.75) is 248 Å². The standard InChI is InChI=1S/C15H16N2.2C10H12N2.C10H14O.2C9H19N.C8H11NS.C7H15N.C6H10N2/c1-10(2)13-9-17-14(15(13)16-4)12-7-5-11(3)6-8-12;1-8(2)12-7-5-9-4-3-6-11-10(9)12;1-8(2)12-7-11-9-5-3-4-6-10(9)12;1-8(2)9-4-6-10(11-3)7-5-9;2*1-9(2,3)10-7-5-4-6-8-10;1-7(2)10-8-3-5-9-6-4-8;1-7(2)8-5-3-4-6-8;1-6(2)8-5-3-4-7-8/h5-8,10H,9H2,1-3H3;2*3-8H,1-2H3;4-8H,1-3H3;2*4-8H2,1-3H3;3-7H,1-2H3;7H,3-6H2,1-2H3;3-6H,1-2H3. The molecule has 0 saturated carbocycles. The van der Waals surface area contributed by atoms with Crippen LogP contribution in [0.15, 0.2) is 174 Å². The number of hydrogen-bond donors (Lipinski definition) is 0. The summed E-state index contributed by atoms with van der Waals surface area (Å²) < 4.78 is 11.3. The molecule has 4 aliphatic rings. The van der Waals surface area contributed by atoms with Crippen molar-refractivity contribution in [3.05, 3.63) is 192 Å². The minimum absolute atomic E-state index is 0.394. The summed E-state index contributed by atoms with van der Waals surface area (Å²) >= 11 is 1.86. The lowest BCUT2D eigenvalue weighted by atomic mass is 9.99. The molecular weight excluding hydrogens is 1230 g/mol. The number of thioether (sulfide) groups is 1. The summed E-state index contributed by atoms with van der Waals surface area (Å²) in [5.74, 6) is 1.92. The first-order chi connectivity index (χ1) is 46.5. The Hall–Kier alpha value is -6.89. The van der Waals surface area contributed by atoms with Crippen LogP contribution in [0.3, 0.4) is 0 Å². The molecule has 0 aliphatic carbocycles. The second-order valence-corrected chi connectivity index (χ2v) is 31.4. The van der Waals surface area contributed by atoms with E-state index in [2.05, 4.69) is 248 Å². The van der Waals surface area contributed by atoms with Crippen molar-refractivity contribution >= 4 is 39.5 Å². The predicted molar refractivity (Wildman–Crippen MR) is 423 cm³/mol. The molecule has 0 spiro atoms.